The molecule has 3 unspecified atom stereocenters. The number of halogens is 2. The van der Waals surface area contributed by atoms with E-state index in [9.17, 15) is 12.8 Å². The molecule has 6 heteroatoms. The predicted octanol–water partition coefficient (Wildman–Crippen LogP) is 3.34. The van der Waals surface area contributed by atoms with Crippen molar-refractivity contribution < 1.29 is 12.8 Å². The Bertz CT molecular complexity index is 606. The van der Waals surface area contributed by atoms with Gasteiger partial charge in [-0.1, -0.05) is 24.1 Å². The molecule has 1 aromatic rings. The van der Waals surface area contributed by atoms with E-state index in [1.165, 1.54) is 12.3 Å². The lowest BCUT2D eigenvalue weighted by molar-refractivity contribution is 0.282. The summed E-state index contributed by atoms with van der Waals surface area (Å²) < 4.78 is 36.9. The molecule has 1 aliphatic rings. The van der Waals surface area contributed by atoms with E-state index in [1.54, 1.807) is 12.1 Å². The molecule has 0 amide bonds. The molecule has 1 aliphatic carbocycles. The second-order valence-electron chi connectivity index (χ2n) is 5.82. The van der Waals surface area contributed by atoms with Crippen molar-refractivity contribution in [3.05, 3.63) is 34.6 Å². The zero-order valence-corrected chi connectivity index (χ0v) is 13.8. The zero-order chi connectivity index (χ0) is 15.6. The smallest absolute Gasteiger partial charge is 0.150 e. The highest BCUT2D eigenvalue weighted by atomic mass is 35.5. The van der Waals surface area contributed by atoms with Crippen molar-refractivity contribution in [2.24, 2.45) is 5.92 Å². The van der Waals surface area contributed by atoms with Gasteiger partial charge in [0.2, 0.25) is 0 Å². The van der Waals surface area contributed by atoms with Crippen LogP contribution in [0.15, 0.2) is 18.2 Å². The fourth-order valence-electron chi connectivity index (χ4n) is 3.25. The van der Waals surface area contributed by atoms with E-state index in [1.807, 2.05) is 7.05 Å². The minimum absolute atomic E-state index is 0.00681. The first-order valence-corrected chi connectivity index (χ1v) is 9.47. The van der Waals surface area contributed by atoms with E-state index in [4.69, 9.17) is 11.6 Å². The number of benzene rings is 1. The maximum absolute atomic E-state index is 13.3. The number of rotatable bonds is 4. The van der Waals surface area contributed by atoms with Crippen LogP contribution in [0.3, 0.4) is 0 Å². The predicted molar refractivity (Wildman–Crippen MR) is 83.8 cm³/mol. The molecule has 3 nitrogen and oxygen atoms in total. The highest BCUT2D eigenvalue weighted by molar-refractivity contribution is 7.91. The molecule has 0 saturated heterocycles. The summed E-state index contributed by atoms with van der Waals surface area (Å²) in [4.78, 5) is 0. The minimum Gasteiger partial charge on any atom is -0.313 e. The minimum atomic E-state index is -3.01. The van der Waals surface area contributed by atoms with E-state index < -0.39 is 15.7 Å². The van der Waals surface area contributed by atoms with Gasteiger partial charge in [0.1, 0.15) is 15.7 Å². The molecule has 21 heavy (non-hydrogen) atoms. The van der Waals surface area contributed by atoms with E-state index >= 15 is 0 Å². The van der Waals surface area contributed by atoms with Crippen molar-refractivity contribution in [1.29, 1.82) is 0 Å². The number of nitrogens with one attached hydrogen (secondary N) is 1. The second kappa shape index (κ2) is 6.63. The molecule has 3 atom stereocenters. The van der Waals surface area contributed by atoms with Gasteiger partial charge in [0.15, 0.2) is 0 Å². The van der Waals surface area contributed by atoms with E-state index in [0.717, 1.165) is 24.8 Å². The van der Waals surface area contributed by atoms with Crippen molar-refractivity contribution in [2.45, 2.75) is 37.0 Å². The topological polar surface area (TPSA) is 46.2 Å². The Kier molecular flexibility index (Phi) is 5.28. The Hall–Kier alpha value is -0.650. The third-order valence-corrected chi connectivity index (χ3v) is 6.29. The van der Waals surface area contributed by atoms with Crippen LogP contribution in [0, 0.1) is 11.7 Å². The molecular formula is C15H21ClFNO2S. The van der Waals surface area contributed by atoms with Crippen LogP contribution < -0.4 is 5.32 Å². The number of hydrogen-bond acceptors (Lipinski definition) is 3. The van der Waals surface area contributed by atoms with Crippen LogP contribution in [0.4, 0.5) is 4.39 Å². The maximum atomic E-state index is 13.3. The van der Waals surface area contributed by atoms with Crippen LogP contribution in [0.5, 0.6) is 0 Å². The maximum Gasteiger partial charge on any atom is 0.150 e. The molecule has 1 fully saturated rings. The number of sulfone groups is 1. The zero-order valence-electron chi connectivity index (χ0n) is 12.3. The molecular weight excluding hydrogens is 313 g/mol. The Balaban J connectivity index is 2.22. The van der Waals surface area contributed by atoms with Gasteiger partial charge in [-0.3, -0.25) is 0 Å². The normalized spacial score (nSPS) is 24.8. The first kappa shape index (κ1) is 16.7. The SMILES string of the molecule is CNC(c1ccc(F)c(Cl)c1)C1CCCC(S(C)(=O)=O)C1. The van der Waals surface area contributed by atoms with Crippen molar-refractivity contribution in [3.8, 4) is 0 Å². The largest absolute Gasteiger partial charge is 0.313 e. The summed E-state index contributed by atoms with van der Waals surface area (Å²) in [6.45, 7) is 0. The summed E-state index contributed by atoms with van der Waals surface area (Å²) in [6.07, 6.45) is 4.54. The third-order valence-electron chi connectivity index (χ3n) is 4.36. The molecule has 0 radical (unpaired) electrons. The summed E-state index contributed by atoms with van der Waals surface area (Å²) in [6, 6.07) is 4.70. The Morgan fingerprint density at radius 3 is 2.67 bits per heavy atom. The van der Waals surface area contributed by atoms with Crippen molar-refractivity contribution >= 4 is 21.4 Å². The van der Waals surface area contributed by atoms with Crippen LogP contribution in [0.1, 0.15) is 37.3 Å². The average Bonchev–Trinajstić information content (AvgIpc) is 2.43. The van der Waals surface area contributed by atoms with Gasteiger partial charge in [-0.15, -0.1) is 0 Å². The second-order valence-corrected chi connectivity index (χ2v) is 8.55. The summed E-state index contributed by atoms with van der Waals surface area (Å²) in [5.41, 5.74) is 0.906. The van der Waals surface area contributed by atoms with Crippen LogP contribution >= 0.6 is 11.6 Å². The summed E-state index contributed by atoms with van der Waals surface area (Å²) >= 11 is 5.86. The van der Waals surface area contributed by atoms with Crippen molar-refractivity contribution in [3.63, 3.8) is 0 Å². The summed E-state index contributed by atoms with van der Waals surface area (Å²) in [7, 11) is -1.17. The van der Waals surface area contributed by atoms with E-state index in [2.05, 4.69) is 5.32 Å². The standard InChI is InChI=1S/C15H21ClFNO2S/c1-18-15(11-6-7-14(17)13(16)9-11)10-4-3-5-12(8-10)21(2,19)20/h6-7,9-10,12,15,18H,3-5,8H2,1-2H3. The van der Waals surface area contributed by atoms with Crippen LogP contribution in [0.2, 0.25) is 5.02 Å². The van der Waals surface area contributed by atoms with Gasteiger partial charge >= 0.3 is 0 Å². The van der Waals surface area contributed by atoms with Gasteiger partial charge in [0, 0.05) is 12.3 Å². The van der Waals surface area contributed by atoms with Crippen molar-refractivity contribution in [2.75, 3.05) is 13.3 Å². The molecule has 1 N–H and O–H groups in total. The monoisotopic (exact) mass is 333 g/mol. The van der Waals surface area contributed by atoms with E-state index in [-0.39, 0.29) is 22.2 Å². The van der Waals surface area contributed by atoms with E-state index in [0.29, 0.717) is 6.42 Å². The lowest BCUT2D eigenvalue weighted by Crippen LogP contribution is -2.34. The Morgan fingerprint density at radius 2 is 2.10 bits per heavy atom. The quantitative estimate of drug-likeness (QED) is 0.919. The number of hydrogen-bond donors (Lipinski definition) is 1. The summed E-state index contributed by atoms with van der Waals surface area (Å²) in [5.74, 6) is -0.224. The Morgan fingerprint density at radius 1 is 1.38 bits per heavy atom. The third kappa shape index (κ3) is 3.96. The lowest BCUT2D eigenvalue weighted by atomic mass is 9.81. The highest BCUT2D eigenvalue weighted by Crippen LogP contribution is 2.37. The van der Waals surface area contributed by atoms with Gasteiger partial charge < -0.3 is 5.32 Å². The molecule has 0 aliphatic heterocycles. The molecule has 0 heterocycles. The van der Waals surface area contributed by atoms with Crippen LogP contribution in [0.25, 0.3) is 0 Å². The molecule has 1 aromatic carbocycles. The fourth-order valence-corrected chi connectivity index (χ4v) is 4.63. The molecule has 118 valence electrons. The lowest BCUT2D eigenvalue weighted by Gasteiger charge is -2.34. The first-order valence-electron chi connectivity index (χ1n) is 7.14. The molecule has 0 aromatic heterocycles. The van der Waals surface area contributed by atoms with Gasteiger partial charge in [0.25, 0.3) is 0 Å². The molecule has 2 rings (SSSR count). The van der Waals surface area contributed by atoms with Gasteiger partial charge in [-0.2, -0.15) is 0 Å². The van der Waals surface area contributed by atoms with Crippen LogP contribution in [-0.2, 0) is 9.84 Å². The first-order chi connectivity index (χ1) is 9.82. The van der Waals surface area contributed by atoms with Gasteiger partial charge in [-0.05, 0) is 49.9 Å². The van der Waals surface area contributed by atoms with Crippen molar-refractivity contribution in [1.82, 2.24) is 5.32 Å². The molecule has 0 bridgehead atoms. The molecule has 0 spiro atoms. The molecule has 1 saturated carbocycles. The Labute approximate surface area is 130 Å². The van der Waals surface area contributed by atoms with Gasteiger partial charge in [-0.25, -0.2) is 12.8 Å². The average molecular weight is 334 g/mol. The van der Waals surface area contributed by atoms with Crippen LogP contribution in [-0.4, -0.2) is 27.0 Å². The van der Waals surface area contributed by atoms with Gasteiger partial charge in [0.05, 0.1) is 10.3 Å². The summed E-state index contributed by atoms with van der Waals surface area (Å²) in [5, 5.41) is 3.06. The fraction of sp³-hybridized carbons (Fsp3) is 0.600. The highest BCUT2D eigenvalue weighted by Gasteiger charge is 2.33.